The minimum Gasteiger partial charge on any atom is -0.475 e. The van der Waals surface area contributed by atoms with Crippen molar-refractivity contribution in [3.05, 3.63) is 52.9 Å². The Bertz CT molecular complexity index is 968. The van der Waals surface area contributed by atoms with Crippen LogP contribution in [0.2, 0.25) is 0 Å². The number of aliphatic carboxylic acids is 1. The summed E-state index contributed by atoms with van der Waals surface area (Å²) in [6, 6.07) is 6.31. The van der Waals surface area contributed by atoms with Crippen LogP contribution in [0, 0.1) is 19.7 Å². The highest BCUT2D eigenvalue weighted by Gasteiger charge is 2.38. The number of H-pyrrole nitrogens is 1. The molecule has 0 saturated heterocycles. The molecule has 0 amide bonds. The number of aryl methyl sites for hydroxylation is 1. The number of carbonyl (C=O) groups is 1. The summed E-state index contributed by atoms with van der Waals surface area (Å²) in [6.45, 7) is 5.01. The van der Waals surface area contributed by atoms with E-state index in [-0.39, 0.29) is 11.7 Å². The minimum absolute atomic E-state index is 0.182. The monoisotopic (exact) mass is 415 g/mol. The number of carboxylic acids is 1. The predicted octanol–water partition coefficient (Wildman–Crippen LogP) is 3.14. The number of nitrogens with one attached hydrogen (secondary N) is 2. The zero-order valence-electron chi connectivity index (χ0n) is 15.3. The summed E-state index contributed by atoms with van der Waals surface area (Å²) in [5.41, 5.74) is 3.45. The van der Waals surface area contributed by atoms with Gasteiger partial charge in [0.1, 0.15) is 5.82 Å². The van der Waals surface area contributed by atoms with Crippen molar-refractivity contribution < 1.29 is 32.0 Å². The SMILES string of the molecule is Cc1[nH]nc(CNCc2noc(-c3ccccc3F)n2)c1C.O=C(O)C(F)(F)F. The highest BCUT2D eigenvalue weighted by molar-refractivity contribution is 5.73. The second-order valence-corrected chi connectivity index (χ2v) is 5.82. The molecule has 0 saturated carbocycles. The molecule has 1 aromatic carbocycles. The van der Waals surface area contributed by atoms with Gasteiger partial charge in [-0.2, -0.15) is 23.3 Å². The number of hydrogen-bond donors (Lipinski definition) is 3. The zero-order chi connectivity index (χ0) is 21.6. The van der Waals surface area contributed by atoms with Crippen LogP contribution in [0.1, 0.15) is 22.8 Å². The van der Waals surface area contributed by atoms with Crippen LogP contribution in [0.15, 0.2) is 28.8 Å². The molecule has 0 aliphatic carbocycles. The van der Waals surface area contributed by atoms with E-state index in [1.165, 1.54) is 6.07 Å². The first-order chi connectivity index (χ1) is 13.6. The number of aromatic amines is 1. The summed E-state index contributed by atoms with van der Waals surface area (Å²) in [5.74, 6) is -2.48. The van der Waals surface area contributed by atoms with Crippen LogP contribution in [-0.2, 0) is 17.9 Å². The number of alkyl halides is 3. The van der Waals surface area contributed by atoms with E-state index < -0.39 is 12.1 Å². The van der Waals surface area contributed by atoms with E-state index in [1.807, 2.05) is 13.8 Å². The summed E-state index contributed by atoms with van der Waals surface area (Å²) in [5, 5.41) is 21.3. The minimum atomic E-state index is -5.08. The van der Waals surface area contributed by atoms with E-state index in [0.29, 0.717) is 24.5 Å². The molecule has 12 heteroatoms. The Labute approximate surface area is 161 Å². The molecule has 3 aromatic rings. The molecule has 156 valence electrons. The average Bonchev–Trinajstić information content (AvgIpc) is 3.24. The quantitative estimate of drug-likeness (QED) is 0.548. The standard InChI is InChI=1S/C15H16FN5O.C2HF3O2/c1-9-10(2)19-20-13(9)7-17-8-14-18-15(22-21-14)11-5-3-4-6-12(11)16;3-2(4,5)1(6)7/h3-6,17H,7-8H2,1-2H3,(H,19,20);(H,6,7). The van der Waals surface area contributed by atoms with Crippen LogP contribution in [-0.4, -0.2) is 37.6 Å². The van der Waals surface area contributed by atoms with Crippen molar-refractivity contribution in [2.75, 3.05) is 0 Å². The highest BCUT2D eigenvalue weighted by Crippen LogP contribution is 2.20. The molecule has 0 radical (unpaired) electrons. The second kappa shape index (κ2) is 9.28. The summed E-state index contributed by atoms with van der Waals surface area (Å²) in [6.07, 6.45) is -5.08. The van der Waals surface area contributed by atoms with Crippen LogP contribution < -0.4 is 5.32 Å². The highest BCUT2D eigenvalue weighted by atomic mass is 19.4. The third-order valence-corrected chi connectivity index (χ3v) is 3.74. The van der Waals surface area contributed by atoms with Gasteiger partial charge in [0.2, 0.25) is 0 Å². The number of benzene rings is 1. The van der Waals surface area contributed by atoms with Crippen molar-refractivity contribution >= 4 is 5.97 Å². The van der Waals surface area contributed by atoms with Gasteiger partial charge in [0.15, 0.2) is 5.82 Å². The first kappa shape index (κ1) is 22.0. The molecule has 0 atom stereocenters. The summed E-state index contributed by atoms with van der Waals surface area (Å²) in [4.78, 5) is 13.1. The Morgan fingerprint density at radius 1 is 1.24 bits per heavy atom. The third-order valence-electron chi connectivity index (χ3n) is 3.74. The van der Waals surface area contributed by atoms with Crippen LogP contribution in [0.25, 0.3) is 11.5 Å². The van der Waals surface area contributed by atoms with E-state index in [9.17, 15) is 17.6 Å². The molecule has 2 aromatic heterocycles. The molecule has 0 aliphatic heterocycles. The van der Waals surface area contributed by atoms with Gasteiger partial charge in [0, 0.05) is 12.2 Å². The third kappa shape index (κ3) is 6.10. The molecule has 0 spiro atoms. The van der Waals surface area contributed by atoms with Crippen LogP contribution in [0.4, 0.5) is 17.6 Å². The number of rotatable bonds is 5. The Hall–Kier alpha value is -3.28. The topological polar surface area (TPSA) is 117 Å². The lowest BCUT2D eigenvalue weighted by molar-refractivity contribution is -0.192. The van der Waals surface area contributed by atoms with Crippen molar-refractivity contribution in [3.63, 3.8) is 0 Å². The van der Waals surface area contributed by atoms with E-state index in [1.54, 1.807) is 18.2 Å². The molecule has 29 heavy (non-hydrogen) atoms. The first-order valence-electron chi connectivity index (χ1n) is 8.18. The molecule has 0 bridgehead atoms. The lowest BCUT2D eigenvalue weighted by atomic mass is 10.2. The van der Waals surface area contributed by atoms with Crippen molar-refractivity contribution in [2.24, 2.45) is 0 Å². The maximum atomic E-state index is 13.6. The van der Waals surface area contributed by atoms with Gasteiger partial charge in [-0.3, -0.25) is 5.10 Å². The van der Waals surface area contributed by atoms with Gasteiger partial charge < -0.3 is 14.9 Å². The summed E-state index contributed by atoms with van der Waals surface area (Å²) < 4.78 is 50.5. The van der Waals surface area contributed by atoms with E-state index >= 15 is 0 Å². The smallest absolute Gasteiger partial charge is 0.475 e. The number of halogens is 4. The maximum Gasteiger partial charge on any atom is 0.490 e. The number of hydrogen-bond acceptors (Lipinski definition) is 6. The van der Waals surface area contributed by atoms with Crippen LogP contribution in [0.3, 0.4) is 0 Å². The van der Waals surface area contributed by atoms with Gasteiger partial charge in [0.05, 0.1) is 17.8 Å². The predicted molar refractivity (Wildman–Crippen MR) is 92.0 cm³/mol. The van der Waals surface area contributed by atoms with Gasteiger partial charge in [-0.1, -0.05) is 17.3 Å². The van der Waals surface area contributed by atoms with Gasteiger partial charge in [-0.15, -0.1) is 0 Å². The van der Waals surface area contributed by atoms with Gasteiger partial charge in [-0.05, 0) is 31.5 Å². The molecule has 0 aliphatic rings. The number of aromatic nitrogens is 4. The molecule has 2 heterocycles. The maximum absolute atomic E-state index is 13.6. The molecule has 3 rings (SSSR count). The van der Waals surface area contributed by atoms with Gasteiger partial charge in [-0.25, -0.2) is 9.18 Å². The lowest BCUT2D eigenvalue weighted by Crippen LogP contribution is -2.21. The van der Waals surface area contributed by atoms with Crippen LogP contribution >= 0.6 is 0 Å². The van der Waals surface area contributed by atoms with E-state index in [4.69, 9.17) is 14.4 Å². The summed E-state index contributed by atoms with van der Waals surface area (Å²) >= 11 is 0. The molecule has 3 N–H and O–H groups in total. The fourth-order valence-electron chi connectivity index (χ4n) is 2.07. The molecular weight excluding hydrogens is 398 g/mol. The average molecular weight is 415 g/mol. The number of nitrogens with zero attached hydrogens (tertiary/aromatic N) is 3. The Morgan fingerprint density at radius 3 is 2.45 bits per heavy atom. The molecule has 8 nitrogen and oxygen atoms in total. The molecule has 0 fully saturated rings. The Balaban J connectivity index is 0.000000370. The Morgan fingerprint density at radius 2 is 1.90 bits per heavy atom. The fourth-order valence-corrected chi connectivity index (χ4v) is 2.07. The van der Waals surface area contributed by atoms with Crippen molar-refractivity contribution in [3.8, 4) is 11.5 Å². The number of carboxylic acid groups (broad SMARTS) is 1. The van der Waals surface area contributed by atoms with Crippen molar-refractivity contribution in [1.82, 2.24) is 25.7 Å². The molecule has 0 unspecified atom stereocenters. The van der Waals surface area contributed by atoms with Crippen molar-refractivity contribution in [2.45, 2.75) is 33.1 Å². The lowest BCUT2D eigenvalue weighted by Gasteiger charge is -1.99. The van der Waals surface area contributed by atoms with Crippen LogP contribution in [0.5, 0.6) is 0 Å². The zero-order valence-corrected chi connectivity index (χ0v) is 15.3. The largest absolute Gasteiger partial charge is 0.490 e. The fraction of sp³-hybridized carbons (Fsp3) is 0.294. The van der Waals surface area contributed by atoms with E-state index in [0.717, 1.165) is 17.0 Å². The normalized spacial score (nSPS) is 11.1. The molecular formula is C17H17F4N5O3. The van der Waals surface area contributed by atoms with E-state index in [2.05, 4.69) is 25.7 Å². The van der Waals surface area contributed by atoms with Gasteiger partial charge >= 0.3 is 12.1 Å². The van der Waals surface area contributed by atoms with Gasteiger partial charge in [0.25, 0.3) is 5.89 Å². The van der Waals surface area contributed by atoms with Crippen molar-refractivity contribution in [1.29, 1.82) is 0 Å². The Kier molecular flexibility index (Phi) is 7.04. The summed E-state index contributed by atoms with van der Waals surface area (Å²) in [7, 11) is 0. The second-order valence-electron chi connectivity index (χ2n) is 5.82. The first-order valence-corrected chi connectivity index (χ1v) is 8.18.